The van der Waals surface area contributed by atoms with Crippen molar-refractivity contribution in [3.05, 3.63) is 41.1 Å². The van der Waals surface area contributed by atoms with Crippen LogP contribution in [0, 0.1) is 12.8 Å². The van der Waals surface area contributed by atoms with Crippen LogP contribution in [0.4, 0.5) is 18.0 Å². The van der Waals surface area contributed by atoms with Gasteiger partial charge in [-0.3, -0.25) is 0 Å². The summed E-state index contributed by atoms with van der Waals surface area (Å²) in [6.07, 6.45) is -4.61. The van der Waals surface area contributed by atoms with Crippen molar-refractivity contribution in [2.75, 3.05) is 13.1 Å². The number of aliphatic hydroxyl groups is 1. The number of aliphatic hydroxyl groups excluding tert-OH is 1. The number of rotatable bonds is 3. The topological polar surface area (TPSA) is 95.8 Å². The largest absolute Gasteiger partial charge is 0.507 e. The molecule has 10 heteroatoms. The Balaban J connectivity index is 1.77. The molecule has 7 nitrogen and oxygen atoms in total. The average Bonchev–Trinajstić information content (AvgIpc) is 2.71. The SMILES string of the molecule is Cc1cc([C@H](O)C2CCCN(C(=O)OC(C)(C)C)C2)nnc1-c1ccc(C(F)(F)F)cc1O. The van der Waals surface area contributed by atoms with E-state index in [1.54, 1.807) is 38.7 Å². The number of ether oxygens (including phenoxy) is 1. The van der Waals surface area contributed by atoms with E-state index in [2.05, 4.69) is 10.2 Å². The summed E-state index contributed by atoms with van der Waals surface area (Å²) in [6, 6.07) is 4.25. The van der Waals surface area contributed by atoms with Gasteiger partial charge in [0.05, 0.1) is 17.0 Å². The number of nitrogens with zero attached hydrogens (tertiary/aromatic N) is 3. The van der Waals surface area contributed by atoms with Crippen molar-refractivity contribution in [2.24, 2.45) is 5.92 Å². The number of aromatic hydroxyl groups is 1. The van der Waals surface area contributed by atoms with E-state index in [1.165, 1.54) is 0 Å². The number of carbonyl (C=O) groups excluding carboxylic acids is 1. The fourth-order valence-corrected chi connectivity index (χ4v) is 3.83. The molecule has 1 amide bonds. The monoisotopic (exact) mass is 467 g/mol. The minimum Gasteiger partial charge on any atom is -0.507 e. The minimum atomic E-state index is -4.57. The molecule has 0 bridgehead atoms. The van der Waals surface area contributed by atoms with Crippen molar-refractivity contribution in [1.82, 2.24) is 15.1 Å². The van der Waals surface area contributed by atoms with Crippen LogP contribution in [0.2, 0.25) is 0 Å². The molecule has 1 unspecified atom stereocenters. The van der Waals surface area contributed by atoms with Crippen LogP contribution in [0.25, 0.3) is 11.3 Å². The second kappa shape index (κ2) is 9.17. The van der Waals surface area contributed by atoms with Gasteiger partial charge in [-0.15, -0.1) is 5.10 Å². The Hall–Kier alpha value is -2.88. The molecule has 0 radical (unpaired) electrons. The van der Waals surface area contributed by atoms with Crippen molar-refractivity contribution in [1.29, 1.82) is 0 Å². The van der Waals surface area contributed by atoms with Crippen LogP contribution < -0.4 is 0 Å². The third-order valence-electron chi connectivity index (χ3n) is 5.44. The second-order valence-electron chi connectivity index (χ2n) is 9.30. The summed E-state index contributed by atoms with van der Waals surface area (Å²) < 4.78 is 44.0. The number of hydrogen-bond acceptors (Lipinski definition) is 6. The molecule has 180 valence electrons. The van der Waals surface area contributed by atoms with Crippen LogP contribution >= 0.6 is 0 Å². The highest BCUT2D eigenvalue weighted by atomic mass is 19.4. The summed E-state index contributed by atoms with van der Waals surface area (Å²) in [5.41, 5.74) is -0.426. The highest BCUT2D eigenvalue weighted by Gasteiger charge is 2.33. The molecule has 2 atom stereocenters. The number of phenols is 1. The lowest BCUT2D eigenvalue weighted by molar-refractivity contribution is -0.137. The Labute approximate surface area is 190 Å². The zero-order valence-corrected chi connectivity index (χ0v) is 19.0. The van der Waals surface area contributed by atoms with Gasteiger partial charge in [-0.1, -0.05) is 0 Å². The van der Waals surface area contributed by atoms with Gasteiger partial charge in [0, 0.05) is 24.6 Å². The molecule has 1 saturated heterocycles. The number of likely N-dealkylation sites (tertiary alicyclic amines) is 1. The van der Waals surface area contributed by atoms with Gasteiger partial charge >= 0.3 is 12.3 Å². The van der Waals surface area contributed by atoms with Gasteiger partial charge in [-0.25, -0.2) is 4.79 Å². The minimum absolute atomic E-state index is 0.114. The quantitative estimate of drug-likeness (QED) is 0.670. The van der Waals surface area contributed by atoms with E-state index in [4.69, 9.17) is 4.74 Å². The predicted octanol–water partition coefficient (Wildman–Crippen LogP) is 4.86. The summed E-state index contributed by atoms with van der Waals surface area (Å²) in [6.45, 7) is 7.87. The van der Waals surface area contributed by atoms with E-state index in [1.807, 2.05) is 0 Å². The first-order chi connectivity index (χ1) is 15.3. The normalized spacial score (nSPS) is 18.2. The molecule has 1 aromatic heterocycles. The molecule has 0 saturated carbocycles. The lowest BCUT2D eigenvalue weighted by Gasteiger charge is -2.35. The maximum Gasteiger partial charge on any atom is 0.416 e. The molecule has 1 aliphatic heterocycles. The lowest BCUT2D eigenvalue weighted by Crippen LogP contribution is -2.44. The summed E-state index contributed by atoms with van der Waals surface area (Å²) in [7, 11) is 0. The highest BCUT2D eigenvalue weighted by molar-refractivity contribution is 5.70. The summed E-state index contributed by atoms with van der Waals surface area (Å²) in [5.74, 6) is -0.832. The Bertz CT molecular complexity index is 1020. The van der Waals surface area contributed by atoms with Gasteiger partial charge in [-0.05, 0) is 70.4 Å². The number of aromatic nitrogens is 2. The summed E-state index contributed by atoms with van der Waals surface area (Å²) in [4.78, 5) is 14.0. The first kappa shape index (κ1) is 24.8. The average molecular weight is 467 g/mol. The van der Waals surface area contributed by atoms with Crippen molar-refractivity contribution >= 4 is 6.09 Å². The number of alkyl halides is 3. The van der Waals surface area contributed by atoms with E-state index in [0.717, 1.165) is 12.1 Å². The van der Waals surface area contributed by atoms with Crippen molar-refractivity contribution in [3.8, 4) is 17.0 Å². The van der Waals surface area contributed by atoms with Crippen LogP contribution in [0.1, 0.15) is 56.5 Å². The number of halogens is 3. The van der Waals surface area contributed by atoms with Crippen LogP contribution in [-0.4, -0.2) is 50.1 Å². The fraction of sp³-hybridized carbons (Fsp3) is 0.522. The van der Waals surface area contributed by atoms with Gasteiger partial charge in [0.15, 0.2) is 0 Å². The molecule has 3 rings (SSSR count). The van der Waals surface area contributed by atoms with Crippen LogP contribution in [0.3, 0.4) is 0 Å². The van der Waals surface area contributed by atoms with Gasteiger partial charge in [-0.2, -0.15) is 18.3 Å². The highest BCUT2D eigenvalue weighted by Crippen LogP contribution is 2.37. The van der Waals surface area contributed by atoms with E-state index < -0.39 is 35.3 Å². The maximum atomic E-state index is 12.9. The molecule has 1 aliphatic rings. The fourth-order valence-electron chi connectivity index (χ4n) is 3.83. The molecule has 0 spiro atoms. The van der Waals surface area contributed by atoms with Crippen molar-refractivity contribution in [3.63, 3.8) is 0 Å². The molecule has 1 aromatic carbocycles. The Morgan fingerprint density at radius 1 is 1.21 bits per heavy atom. The number of hydrogen-bond donors (Lipinski definition) is 2. The van der Waals surface area contributed by atoms with Crippen LogP contribution in [-0.2, 0) is 10.9 Å². The third-order valence-corrected chi connectivity index (χ3v) is 5.44. The number of aryl methyl sites for hydroxylation is 1. The van der Waals surface area contributed by atoms with Crippen molar-refractivity contribution < 1.29 is 32.9 Å². The molecule has 2 heterocycles. The number of piperidine rings is 1. The molecule has 33 heavy (non-hydrogen) atoms. The molecule has 2 aromatic rings. The predicted molar refractivity (Wildman–Crippen MR) is 114 cm³/mol. The standard InChI is InChI=1S/C23H28F3N3O4/c1-13-10-17(20(31)14-6-5-9-29(12-14)21(32)33-22(2,3)4)27-28-19(13)16-8-7-15(11-18(16)30)23(24,25)26/h7-8,10-11,14,20,30-31H,5-6,9,12H2,1-4H3/t14?,20-/m1/s1. The molecular formula is C23H28F3N3O4. The van der Waals surface area contributed by atoms with Crippen LogP contribution in [0.15, 0.2) is 24.3 Å². The van der Waals surface area contributed by atoms with Gasteiger partial charge < -0.3 is 19.8 Å². The van der Waals surface area contributed by atoms with Gasteiger partial charge in [0.1, 0.15) is 17.5 Å². The van der Waals surface area contributed by atoms with E-state index >= 15 is 0 Å². The van der Waals surface area contributed by atoms with Gasteiger partial charge in [0.25, 0.3) is 0 Å². The number of phenolic OH excluding ortho intramolecular Hbond substituents is 1. The Morgan fingerprint density at radius 2 is 1.91 bits per heavy atom. The molecule has 0 aliphatic carbocycles. The van der Waals surface area contributed by atoms with Crippen LogP contribution in [0.5, 0.6) is 5.75 Å². The number of amides is 1. The maximum absolute atomic E-state index is 12.9. The lowest BCUT2D eigenvalue weighted by atomic mass is 9.90. The Kier molecular flexibility index (Phi) is 6.88. The van der Waals surface area contributed by atoms with E-state index in [0.29, 0.717) is 43.3 Å². The smallest absolute Gasteiger partial charge is 0.416 e. The zero-order valence-electron chi connectivity index (χ0n) is 19.0. The van der Waals surface area contributed by atoms with Crippen molar-refractivity contribution in [2.45, 2.75) is 58.4 Å². The van der Waals surface area contributed by atoms with E-state index in [-0.39, 0.29) is 17.2 Å². The molecule has 1 fully saturated rings. The first-order valence-corrected chi connectivity index (χ1v) is 10.7. The number of benzene rings is 1. The molecule has 2 N–H and O–H groups in total. The molecular weight excluding hydrogens is 439 g/mol. The summed E-state index contributed by atoms with van der Waals surface area (Å²) >= 11 is 0. The first-order valence-electron chi connectivity index (χ1n) is 10.7. The number of carbonyl (C=O) groups is 1. The van der Waals surface area contributed by atoms with E-state index in [9.17, 15) is 28.2 Å². The third kappa shape index (κ3) is 5.93. The zero-order chi connectivity index (χ0) is 24.6. The Morgan fingerprint density at radius 3 is 2.48 bits per heavy atom. The van der Waals surface area contributed by atoms with Gasteiger partial charge in [0.2, 0.25) is 0 Å². The summed E-state index contributed by atoms with van der Waals surface area (Å²) in [5, 5.41) is 29.1. The second-order valence-corrected chi connectivity index (χ2v) is 9.30.